The Balaban J connectivity index is 2.62. The highest BCUT2D eigenvalue weighted by atomic mass is 79.9. The van der Waals surface area contributed by atoms with Crippen LogP contribution in [0.25, 0.3) is 0 Å². The molecule has 0 bridgehead atoms. The molecule has 1 rings (SSSR count). The largest absolute Gasteiger partial charge is 0.478 e. The van der Waals surface area contributed by atoms with Crippen LogP contribution in [-0.2, 0) is 9.59 Å². The molecule has 1 aromatic rings. The average Bonchev–Trinajstić information content (AvgIpc) is 2.36. The smallest absolute Gasteiger partial charge is 0.328 e. The molecule has 1 aromatic carbocycles. The summed E-state index contributed by atoms with van der Waals surface area (Å²) in [6.07, 6.45) is 0.788. The summed E-state index contributed by atoms with van der Waals surface area (Å²) in [7, 11) is 0. The van der Waals surface area contributed by atoms with Crippen molar-refractivity contribution in [2.75, 3.05) is 0 Å². The number of hydrogen-bond acceptors (Lipinski definition) is 3. The highest BCUT2D eigenvalue weighted by molar-refractivity contribution is 9.10. The van der Waals surface area contributed by atoms with Crippen LogP contribution in [0.3, 0.4) is 0 Å². The van der Waals surface area contributed by atoms with E-state index in [1.165, 1.54) is 0 Å². The van der Waals surface area contributed by atoms with Gasteiger partial charge in [0.05, 0.1) is 12.1 Å². The fourth-order valence-electron chi connectivity index (χ4n) is 1.45. The average molecular weight is 328 g/mol. The number of nitrogens with one attached hydrogen (secondary N) is 1. The van der Waals surface area contributed by atoms with Crippen molar-refractivity contribution in [1.29, 1.82) is 0 Å². The third kappa shape index (κ3) is 5.23. The summed E-state index contributed by atoms with van der Waals surface area (Å²) < 4.78 is 0.893. The van der Waals surface area contributed by atoms with Crippen LogP contribution < -0.4 is 5.32 Å². The zero-order valence-electron chi connectivity index (χ0n) is 10.2. The molecule has 0 aliphatic heterocycles. The lowest BCUT2D eigenvalue weighted by molar-refractivity contribution is -0.131. The molecule has 3 N–H and O–H groups in total. The summed E-state index contributed by atoms with van der Waals surface area (Å²) in [5.41, 5.74) is 0.665. The van der Waals surface area contributed by atoms with Crippen LogP contribution in [-0.4, -0.2) is 28.1 Å². The van der Waals surface area contributed by atoms with E-state index in [4.69, 9.17) is 5.11 Å². The van der Waals surface area contributed by atoms with Crippen molar-refractivity contribution >= 4 is 27.8 Å². The van der Waals surface area contributed by atoms with E-state index in [2.05, 4.69) is 21.2 Å². The van der Waals surface area contributed by atoms with Crippen molar-refractivity contribution in [3.8, 4) is 0 Å². The predicted molar refractivity (Wildman–Crippen MR) is 73.5 cm³/mol. The first-order chi connectivity index (χ1) is 8.90. The topological polar surface area (TPSA) is 86.6 Å². The van der Waals surface area contributed by atoms with Crippen LogP contribution in [0.15, 0.2) is 40.9 Å². The Hall–Kier alpha value is -1.66. The van der Waals surface area contributed by atoms with E-state index in [0.717, 1.165) is 16.6 Å². The first kappa shape index (κ1) is 15.4. The number of carbonyl (C=O) groups excluding carboxylic acids is 1. The summed E-state index contributed by atoms with van der Waals surface area (Å²) in [5, 5.41) is 20.9. The van der Waals surface area contributed by atoms with Gasteiger partial charge < -0.3 is 15.5 Å². The van der Waals surface area contributed by atoms with E-state index in [9.17, 15) is 14.7 Å². The number of carbonyl (C=O) groups is 2. The molecule has 0 saturated heterocycles. The van der Waals surface area contributed by atoms with Crippen molar-refractivity contribution in [2.45, 2.75) is 19.1 Å². The molecule has 0 aromatic heterocycles. The minimum Gasteiger partial charge on any atom is -0.478 e. The summed E-state index contributed by atoms with van der Waals surface area (Å²) in [5.74, 6) is -1.76. The van der Waals surface area contributed by atoms with E-state index in [-0.39, 0.29) is 0 Å². The second-order valence-electron chi connectivity index (χ2n) is 3.97. The van der Waals surface area contributed by atoms with Gasteiger partial charge in [0.1, 0.15) is 0 Å². The third-order valence-corrected chi connectivity index (χ3v) is 2.96. The van der Waals surface area contributed by atoms with E-state index in [1.807, 2.05) is 0 Å². The molecule has 0 radical (unpaired) electrons. The fraction of sp³-hybridized carbons (Fsp3) is 0.231. The predicted octanol–water partition coefficient (Wildman–Crippen LogP) is 1.63. The molecule has 0 heterocycles. The zero-order valence-corrected chi connectivity index (χ0v) is 11.8. The lowest BCUT2D eigenvalue weighted by atomic mass is 10.0. The lowest BCUT2D eigenvalue weighted by Crippen LogP contribution is -2.36. The summed E-state index contributed by atoms with van der Waals surface area (Å²) in [6, 6.07) is 6.52. The van der Waals surface area contributed by atoms with Gasteiger partial charge in [-0.05, 0) is 24.6 Å². The first-order valence-corrected chi connectivity index (χ1v) is 6.34. The number of aliphatic hydroxyl groups excluding tert-OH is 1. The second kappa shape index (κ2) is 7.06. The van der Waals surface area contributed by atoms with Gasteiger partial charge in [-0.15, -0.1) is 0 Å². The molecule has 102 valence electrons. The summed E-state index contributed by atoms with van der Waals surface area (Å²) >= 11 is 3.29. The molecular formula is C13H14BrNO4. The van der Waals surface area contributed by atoms with Gasteiger partial charge in [-0.1, -0.05) is 28.1 Å². The van der Waals surface area contributed by atoms with Crippen LogP contribution >= 0.6 is 15.9 Å². The highest BCUT2D eigenvalue weighted by Gasteiger charge is 2.17. The molecular weight excluding hydrogens is 314 g/mol. The maximum absolute atomic E-state index is 11.4. The van der Waals surface area contributed by atoms with Crippen molar-refractivity contribution in [2.24, 2.45) is 0 Å². The Morgan fingerprint density at radius 1 is 1.26 bits per heavy atom. The standard InChI is InChI=1S/C13H14BrNO4/c1-8(15-11(16)6-7-12(17)18)13(19)9-2-4-10(14)5-3-9/h2-8,13,19H,1H3,(H,15,16)(H,17,18)/b7-6-. The van der Waals surface area contributed by atoms with Gasteiger partial charge in [0.25, 0.3) is 0 Å². The maximum Gasteiger partial charge on any atom is 0.328 e. The number of hydrogen-bond donors (Lipinski definition) is 3. The monoisotopic (exact) mass is 327 g/mol. The van der Waals surface area contributed by atoms with Gasteiger partial charge in [0.15, 0.2) is 0 Å². The van der Waals surface area contributed by atoms with Crippen LogP contribution in [0.1, 0.15) is 18.6 Å². The van der Waals surface area contributed by atoms with Crippen molar-refractivity contribution in [3.63, 3.8) is 0 Å². The Morgan fingerprint density at radius 2 is 1.84 bits per heavy atom. The number of carboxylic acid groups (broad SMARTS) is 1. The van der Waals surface area contributed by atoms with Gasteiger partial charge >= 0.3 is 5.97 Å². The van der Waals surface area contributed by atoms with Gasteiger partial charge in [-0.3, -0.25) is 4.79 Å². The minimum atomic E-state index is -1.20. The Morgan fingerprint density at radius 3 is 2.37 bits per heavy atom. The molecule has 6 heteroatoms. The van der Waals surface area contributed by atoms with Crippen LogP contribution in [0.5, 0.6) is 0 Å². The number of rotatable bonds is 5. The van der Waals surface area contributed by atoms with Crippen molar-refractivity contribution < 1.29 is 19.8 Å². The molecule has 19 heavy (non-hydrogen) atoms. The van der Waals surface area contributed by atoms with E-state index < -0.39 is 24.0 Å². The normalized spacial score (nSPS) is 14.1. The Bertz CT molecular complexity index is 484. The molecule has 0 saturated carbocycles. The molecule has 0 aliphatic carbocycles. The van der Waals surface area contributed by atoms with Gasteiger partial charge in [0, 0.05) is 16.6 Å². The van der Waals surface area contributed by atoms with Crippen LogP contribution in [0.2, 0.25) is 0 Å². The number of benzene rings is 1. The lowest BCUT2D eigenvalue weighted by Gasteiger charge is -2.19. The first-order valence-electron chi connectivity index (χ1n) is 5.55. The summed E-state index contributed by atoms with van der Waals surface area (Å²) in [4.78, 5) is 21.6. The van der Waals surface area contributed by atoms with Gasteiger partial charge in [0.2, 0.25) is 5.91 Å². The number of halogens is 1. The maximum atomic E-state index is 11.4. The van der Waals surface area contributed by atoms with Crippen LogP contribution in [0, 0.1) is 0 Å². The van der Waals surface area contributed by atoms with E-state index in [1.54, 1.807) is 31.2 Å². The van der Waals surface area contributed by atoms with Crippen LogP contribution in [0.4, 0.5) is 0 Å². The Labute approximate surface area is 119 Å². The fourth-order valence-corrected chi connectivity index (χ4v) is 1.71. The van der Waals surface area contributed by atoms with Gasteiger partial charge in [-0.2, -0.15) is 0 Å². The van der Waals surface area contributed by atoms with Gasteiger partial charge in [-0.25, -0.2) is 4.79 Å². The molecule has 5 nitrogen and oxygen atoms in total. The SMILES string of the molecule is CC(NC(=O)/C=C\C(=O)O)C(O)c1ccc(Br)cc1. The molecule has 2 atom stereocenters. The number of aliphatic hydroxyl groups is 1. The van der Waals surface area contributed by atoms with E-state index in [0.29, 0.717) is 5.56 Å². The molecule has 0 fully saturated rings. The third-order valence-electron chi connectivity index (χ3n) is 2.43. The number of carboxylic acids is 1. The Kier molecular flexibility index (Phi) is 5.72. The van der Waals surface area contributed by atoms with Crippen molar-refractivity contribution in [1.82, 2.24) is 5.32 Å². The molecule has 0 spiro atoms. The second-order valence-corrected chi connectivity index (χ2v) is 4.88. The highest BCUT2D eigenvalue weighted by Crippen LogP contribution is 2.19. The quantitative estimate of drug-likeness (QED) is 0.717. The van der Waals surface area contributed by atoms with E-state index >= 15 is 0 Å². The molecule has 2 unspecified atom stereocenters. The zero-order chi connectivity index (χ0) is 14.4. The molecule has 0 aliphatic rings. The van der Waals surface area contributed by atoms with Crippen molar-refractivity contribution in [3.05, 3.63) is 46.5 Å². The number of aliphatic carboxylic acids is 1. The number of amides is 1. The molecule has 1 amide bonds. The summed E-state index contributed by atoms with van der Waals surface area (Å²) in [6.45, 7) is 1.64. The minimum absolute atomic E-state index is 0.535.